The van der Waals surface area contributed by atoms with Crippen molar-refractivity contribution < 1.29 is 4.79 Å². The highest BCUT2D eigenvalue weighted by Crippen LogP contribution is 2.26. The second-order valence-electron chi connectivity index (χ2n) is 5.46. The van der Waals surface area contributed by atoms with Crippen molar-refractivity contribution in [2.45, 2.75) is 45.0 Å². The number of ketones is 1. The average molecular weight is 277 g/mol. The van der Waals surface area contributed by atoms with E-state index < -0.39 is 0 Å². The van der Waals surface area contributed by atoms with Gasteiger partial charge in [-0.3, -0.25) is 9.69 Å². The Morgan fingerprint density at radius 3 is 2.58 bits per heavy atom. The van der Waals surface area contributed by atoms with Crippen molar-refractivity contribution in [2.75, 3.05) is 12.3 Å². The van der Waals surface area contributed by atoms with E-state index in [0.717, 1.165) is 17.9 Å². The molecule has 0 radical (unpaired) electrons. The van der Waals surface area contributed by atoms with Crippen molar-refractivity contribution >= 4 is 17.5 Å². The predicted octanol–water partition coefficient (Wildman–Crippen LogP) is 3.39. The van der Waals surface area contributed by atoms with Crippen LogP contribution in [0.3, 0.4) is 0 Å². The lowest BCUT2D eigenvalue weighted by atomic mass is 10.0. The first-order valence-corrected chi connectivity index (χ1v) is 8.04. The van der Waals surface area contributed by atoms with Crippen LogP contribution in [0, 0.1) is 6.92 Å². The monoisotopic (exact) mass is 277 g/mol. The maximum absolute atomic E-state index is 12.6. The fraction of sp³-hybridized carbons (Fsp3) is 0.562. The van der Waals surface area contributed by atoms with Crippen LogP contribution in [0.25, 0.3) is 0 Å². The lowest BCUT2D eigenvalue weighted by Crippen LogP contribution is -2.51. The molecule has 1 fully saturated rings. The average Bonchev–Trinajstić information content (AvgIpc) is 2.41. The standard InChI is InChI=1S/C16H23NOS/c1-11-5-7-15(8-6-11)16(18)13(3)17-9-10-19-14(4)12(17)2/h5-8,12-14H,9-10H2,1-4H3. The van der Waals surface area contributed by atoms with E-state index in [0.29, 0.717) is 11.3 Å². The molecular formula is C16H23NOS. The van der Waals surface area contributed by atoms with Gasteiger partial charge in [-0.05, 0) is 20.8 Å². The van der Waals surface area contributed by atoms with Crippen LogP contribution in [0.4, 0.5) is 0 Å². The van der Waals surface area contributed by atoms with Gasteiger partial charge in [0, 0.05) is 29.2 Å². The molecule has 0 spiro atoms. The Bertz CT molecular complexity index is 443. The lowest BCUT2D eigenvalue weighted by Gasteiger charge is -2.40. The summed E-state index contributed by atoms with van der Waals surface area (Å²) in [6.45, 7) is 9.58. The van der Waals surface area contributed by atoms with E-state index in [9.17, 15) is 4.79 Å². The molecule has 2 rings (SSSR count). The Hall–Kier alpha value is -0.800. The van der Waals surface area contributed by atoms with Crippen LogP contribution in [0.2, 0.25) is 0 Å². The Morgan fingerprint density at radius 2 is 1.95 bits per heavy atom. The van der Waals surface area contributed by atoms with Gasteiger partial charge >= 0.3 is 0 Å². The summed E-state index contributed by atoms with van der Waals surface area (Å²) in [6.07, 6.45) is 0. The summed E-state index contributed by atoms with van der Waals surface area (Å²) in [7, 11) is 0. The topological polar surface area (TPSA) is 20.3 Å². The third-order valence-electron chi connectivity index (χ3n) is 4.15. The van der Waals surface area contributed by atoms with Crippen molar-refractivity contribution in [3.63, 3.8) is 0 Å². The highest BCUT2D eigenvalue weighted by molar-refractivity contribution is 8.00. The molecule has 0 aliphatic carbocycles. The molecule has 2 nitrogen and oxygen atoms in total. The fourth-order valence-corrected chi connectivity index (χ4v) is 3.74. The number of thioether (sulfide) groups is 1. The Labute approximate surface area is 120 Å². The van der Waals surface area contributed by atoms with E-state index >= 15 is 0 Å². The summed E-state index contributed by atoms with van der Waals surface area (Å²) in [4.78, 5) is 14.9. The number of aryl methyl sites for hydroxylation is 1. The van der Waals surface area contributed by atoms with E-state index in [-0.39, 0.29) is 11.8 Å². The minimum atomic E-state index is -0.0268. The van der Waals surface area contributed by atoms with Gasteiger partial charge in [-0.15, -0.1) is 0 Å². The van der Waals surface area contributed by atoms with Crippen LogP contribution in [-0.2, 0) is 0 Å². The first-order valence-electron chi connectivity index (χ1n) is 6.99. The van der Waals surface area contributed by atoms with Crippen LogP contribution in [0.5, 0.6) is 0 Å². The van der Waals surface area contributed by atoms with Gasteiger partial charge in [-0.2, -0.15) is 11.8 Å². The molecule has 0 N–H and O–H groups in total. The van der Waals surface area contributed by atoms with E-state index in [1.165, 1.54) is 5.56 Å². The smallest absolute Gasteiger partial charge is 0.179 e. The highest BCUT2D eigenvalue weighted by atomic mass is 32.2. The number of hydrogen-bond acceptors (Lipinski definition) is 3. The van der Waals surface area contributed by atoms with Crippen LogP contribution < -0.4 is 0 Å². The molecule has 0 saturated carbocycles. The van der Waals surface area contributed by atoms with Crippen molar-refractivity contribution in [2.24, 2.45) is 0 Å². The van der Waals surface area contributed by atoms with E-state index in [4.69, 9.17) is 0 Å². The van der Waals surface area contributed by atoms with E-state index in [1.54, 1.807) is 0 Å². The lowest BCUT2D eigenvalue weighted by molar-refractivity contribution is 0.0781. The zero-order chi connectivity index (χ0) is 14.0. The highest BCUT2D eigenvalue weighted by Gasteiger charge is 2.32. The van der Waals surface area contributed by atoms with Crippen molar-refractivity contribution in [3.05, 3.63) is 35.4 Å². The molecule has 0 amide bonds. The summed E-state index contributed by atoms with van der Waals surface area (Å²) >= 11 is 2.00. The number of carbonyl (C=O) groups is 1. The van der Waals surface area contributed by atoms with Gasteiger partial charge < -0.3 is 0 Å². The Balaban J connectivity index is 2.12. The third-order valence-corrected chi connectivity index (χ3v) is 5.48. The summed E-state index contributed by atoms with van der Waals surface area (Å²) < 4.78 is 0. The summed E-state index contributed by atoms with van der Waals surface area (Å²) in [5.74, 6) is 1.36. The van der Waals surface area contributed by atoms with Gasteiger partial charge in [0.2, 0.25) is 0 Å². The second kappa shape index (κ2) is 6.10. The molecule has 3 atom stereocenters. The summed E-state index contributed by atoms with van der Waals surface area (Å²) in [6, 6.07) is 8.35. The van der Waals surface area contributed by atoms with Crippen LogP contribution in [0.1, 0.15) is 36.7 Å². The summed E-state index contributed by atoms with van der Waals surface area (Å²) in [5, 5.41) is 0.599. The van der Waals surface area contributed by atoms with Gasteiger partial charge in [0.1, 0.15) is 0 Å². The maximum Gasteiger partial charge on any atom is 0.179 e. The minimum absolute atomic E-state index is 0.0268. The molecule has 0 bridgehead atoms. The summed E-state index contributed by atoms with van der Waals surface area (Å²) in [5.41, 5.74) is 2.02. The zero-order valence-corrected chi connectivity index (χ0v) is 13.0. The molecule has 0 aromatic heterocycles. The second-order valence-corrected chi connectivity index (χ2v) is 6.95. The fourth-order valence-electron chi connectivity index (χ4n) is 2.61. The SMILES string of the molecule is Cc1ccc(C(=O)C(C)N2CCSC(C)C2C)cc1. The van der Waals surface area contributed by atoms with Crippen molar-refractivity contribution in [1.29, 1.82) is 0 Å². The van der Waals surface area contributed by atoms with Gasteiger partial charge in [0.05, 0.1) is 6.04 Å². The van der Waals surface area contributed by atoms with Crippen molar-refractivity contribution in [3.8, 4) is 0 Å². The molecule has 1 aliphatic rings. The zero-order valence-electron chi connectivity index (χ0n) is 12.2. The van der Waals surface area contributed by atoms with Gasteiger partial charge in [0.15, 0.2) is 5.78 Å². The largest absolute Gasteiger partial charge is 0.292 e. The van der Waals surface area contributed by atoms with Gasteiger partial charge in [0.25, 0.3) is 0 Å². The first kappa shape index (κ1) is 14.6. The molecule has 1 saturated heterocycles. The Morgan fingerprint density at radius 1 is 1.32 bits per heavy atom. The molecule has 3 unspecified atom stereocenters. The molecule has 1 aromatic rings. The van der Waals surface area contributed by atoms with Crippen molar-refractivity contribution in [1.82, 2.24) is 4.90 Å². The minimum Gasteiger partial charge on any atom is -0.292 e. The van der Waals surface area contributed by atoms with Gasteiger partial charge in [-0.1, -0.05) is 36.8 Å². The maximum atomic E-state index is 12.6. The molecule has 1 heterocycles. The number of hydrogen-bond donors (Lipinski definition) is 0. The van der Waals surface area contributed by atoms with E-state index in [2.05, 4.69) is 18.7 Å². The number of Topliss-reactive ketones (excluding diaryl/α,β-unsaturated/α-hetero) is 1. The molecular weight excluding hydrogens is 254 g/mol. The van der Waals surface area contributed by atoms with E-state index in [1.807, 2.05) is 49.9 Å². The molecule has 104 valence electrons. The molecule has 3 heteroatoms. The molecule has 1 aliphatic heterocycles. The number of nitrogens with zero attached hydrogens (tertiary/aromatic N) is 1. The number of rotatable bonds is 3. The molecule has 19 heavy (non-hydrogen) atoms. The number of benzene rings is 1. The van der Waals surface area contributed by atoms with Gasteiger partial charge in [-0.25, -0.2) is 0 Å². The predicted molar refractivity (Wildman–Crippen MR) is 83.1 cm³/mol. The molecule has 1 aromatic carbocycles. The van der Waals surface area contributed by atoms with Crippen LogP contribution in [0.15, 0.2) is 24.3 Å². The normalized spacial score (nSPS) is 26.1. The third kappa shape index (κ3) is 3.21. The quantitative estimate of drug-likeness (QED) is 0.790. The Kier molecular flexibility index (Phi) is 4.69. The first-order chi connectivity index (χ1) is 9.00. The van der Waals surface area contributed by atoms with Crippen LogP contribution >= 0.6 is 11.8 Å². The van der Waals surface area contributed by atoms with Crippen LogP contribution in [-0.4, -0.2) is 40.3 Å². The number of carbonyl (C=O) groups excluding carboxylic acids is 1.